The minimum Gasteiger partial charge on any atom is -0.350 e. The molecule has 0 bridgehead atoms. The van der Waals surface area contributed by atoms with Gasteiger partial charge in [-0.15, -0.1) is 11.3 Å². The fourth-order valence-electron chi connectivity index (χ4n) is 2.32. The Morgan fingerprint density at radius 3 is 2.86 bits per heavy atom. The van der Waals surface area contributed by atoms with Gasteiger partial charge in [0.05, 0.1) is 12.2 Å². The summed E-state index contributed by atoms with van der Waals surface area (Å²) in [7, 11) is 0. The third-order valence-corrected chi connectivity index (χ3v) is 4.89. The van der Waals surface area contributed by atoms with Gasteiger partial charge in [0.25, 0.3) is 0 Å². The van der Waals surface area contributed by atoms with E-state index in [2.05, 4.69) is 15.6 Å². The lowest BCUT2D eigenvalue weighted by Gasteiger charge is -2.31. The molecule has 1 amide bonds. The van der Waals surface area contributed by atoms with E-state index >= 15 is 0 Å². The van der Waals surface area contributed by atoms with Crippen LogP contribution < -0.4 is 10.6 Å². The molecule has 0 spiro atoms. The lowest BCUT2D eigenvalue weighted by Crippen LogP contribution is -2.49. The number of nitrogens with one attached hydrogen (secondary N) is 2. The van der Waals surface area contributed by atoms with Crippen molar-refractivity contribution in [3.8, 4) is 10.6 Å². The summed E-state index contributed by atoms with van der Waals surface area (Å²) in [4.78, 5) is 16.6. The number of nitrogens with zero attached hydrogens (tertiary/aromatic N) is 1. The van der Waals surface area contributed by atoms with Crippen LogP contribution in [-0.4, -0.2) is 24.0 Å². The van der Waals surface area contributed by atoms with E-state index in [0.717, 1.165) is 29.4 Å². The predicted octanol–water partition coefficient (Wildman–Crippen LogP) is 2.28. The van der Waals surface area contributed by atoms with E-state index in [1.807, 2.05) is 42.6 Å². The number of hydrogen-bond acceptors (Lipinski definition) is 4. The average Bonchev–Trinajstić information content (AvgIpc) is 2.92. The quantitative estimate of drug-likeness (QED) is 0.891. The Bertz CT molecular complexity index is 607. The van der Waals surface area contributed by atoms with Crippen LogP contribution in [0.25, 0.3) is 10.6 Å². The summed E-state index contributed by atoms with van der Waals surface area (Å²) in [5.41, 5.74) is 2.04. The lowest BCUT2D eigenvalue weighted by atomic mass is 9.88. The molecule has 1 unspecified atom stereocenters. The van der Waals surface area contributed by atoms with Crippen molar-refractivity contribution in [1.29, 1.82) is 0 Å². The maximum Gasteiger partial charge on any atom is 0.223 e. The number of benzene rings is 1. The molecule has 5 heteroatoms. The molecule has 2 aromatic rings. The fourth-order valence-corrected chi connectivity index (χ4v) is 3.14. The van der Waals surface area contributed by atoms with E-state index in [1.54, 1.807) is 11.3 Å². The number of aromatic nitrogens is 1. The van der Waals surface area contributed by atoms with Crippen molar-refractivity contribution in [2.75, 3.05) is 13.1 Å². The molecular weight excluding hydrogens is 282 g/mol. The number of hydrogen-bond donors (Lipinski definition) is 2. The second-order valence-electron chi connectivity index (χ2n) is 5.43. The first-order valence-corrected chi connectivity index (χ1v) is 8.10. The minimum atomic E-state index is 0.0680. The van der Waals surface area contributed by atoms with Crippen LogP contribution in [0.15, 0.2) is 35.7 Å². The van der Waals surface area contributed by atoms with Crippen molar-refractivity contribution >= 4 is 17.2 Å². The Labute approximate surface area is 128 Å². The second kappa shape index (κ2) is 6.37. The van der Waals surface area contributed by atoms with Crippen molar-refractivity contribution in [3.05, 3.63) is 41.4 Å². The predicted molar refractivity (Wildman–Crippen MR) is 84.9 cm³/mol. The van der Waals surface area contributed by atoms with Crippen molar-refractivity contribution in [2.24, 2.45) is 11.8 Å². The Morgan fingerprint density at radius 2 is 2.19 bits per heavy atom. The number of rotatable bonds is 5. The zero-order chi connectivity index (χ0) is 14.7. The molecule has 110 valence electrons. The van der Waals surface area contributed by atoms with Crippen LogP contribution in [0.3, 0.4) is 0 Å². The maximum absolute atomic E-state index is 12.1. The molecule has 1 atom stereocenters. The molecule has 21 heavy (non-hydrogen) atoms. The van der Waals surface area contributed by atoms with Crippen LogP contribution in [0.5, 0.6) is 0 Å². The van der Waals surface area contributed by atoms with Gasteiger partial charge in [0.2, 0.25) is 5.91 Å². The third kappa shape index (κ3) is 3.31. The normalized spacial score (nSPS) is 16.2. The summed E-state index contributed by atoms with van der Waals surface area (Å²) < 4.78 is 0. The average molecular weight is 301 g/mol. The van der Waals surface area contributed by atoms with Crippen molar-refractivity contribution in [2.45, 2.75) is 13.5 Å². The molecule has 1 aromatic carbocycles. The van der Waals surface area contributed by atoms with Crippen LogP contribution in [0.1, 0.15) is 12.6 Å². The van der Waals surface area contributed by atoms with Gasteiger partial charge in [0, 0.05) is 16.9 Å². The molecule has 0 aliphatic carbocycles. The van der Waals surface area contributed by atoms with Gasteiger partial charge in [-0.3, -0.25) is 4.79 Å². The Morgan fingerprint density at radius 1 is 1.43 bits per heavy atom. The highest BCUT2D eigenvalue weighted by Gasteiger charge is 2.28. The largest absolute Gasteiger partial charge is 0.350 e. The van der Waals surface area contributed by atoms with E-state index in [9.17, 15) is 4.79 Å². The Balaban J connectivity index is 1.56. The maximum atomic E-state index is 12.1. The Kier molecular flexibility index (Phi) is 4.31. The van der Waals surface area contributed by atoms with Gasteiger partial charge in [-0.05, 0) is 19.0 Å². The number of carbonyl (C=O) groups is 1. The van der Waals surface area contributed by atoms with Gasteiger partial charge in [0.15, 0.2) is 0 Å². The number of thiazole rings is 1. The minimum absolute atomic E-state index is 0.0680. The van der Waals surface area contributed by atoms with E-state index in [0.29, 0.717) is 12.5 Å². The zero-order valence-corrected chi connectivity index (χ0v) is 12.8. The lowest BCUT2D eigenvalue weighted by molar-refractivity contribution is -0.126. The molecule has 3 rings (SSSR count). The topological polar surface area (TPSA) is 54.0 Å². The van der Waals surface area contributed by atoms with E-state index < -0.39 is 0 Å². The third-order valence-electron chi connectivity index (χ3n) is 3.95. The first-order valence-electron chi connectivity index (χ1n) is 7.22. The number of amides is 1. The van der Waals surface area contributed by atoms with Gasteiger partial charge >= 0.3 is 0 Å². The van der Waals surface area contributed by atoms with Crippen molar-refractivity contribution in [3.63, 3.8) is 0 Å². The summed E-state index contributed by atoms with van der Waals surface area (Å²) in [6.07, 6.45) is 0. The van der Waals surface area contributed by atoms with Crippen LogP contribution in [0.4, 0.5) is 0 Å². The SMILES string of the molecule is CC(C(=O)NCc1csc(-c2ccccc2)n1)C1CNC1. The highest BCUT2D eigenvalue weighted by atomic mass is 32.1. The van der Waals surface area contributed by atoms with Crippen LogP contribution in [0, 0.1) is 11.8 Å². The van der Waals surface area contributed by atoms with Crippen LogP contribution in [-0.2, 0) is 11.3 Å². The zero-order valence-electron chi connectivity index (χ0n) is 12.0. The highest BCUT2D eigenvalue weighted by molar-refractivity contribution is 7.13. The summed E-state index contributed by atoms with van der Waals surface area (Å²) >= 11 is 1.61. The van der Waals surface area contributed by atoms with Gasteiger partial charge < -0.3 is 10.6 Å². The van der Waals surface area contributed by atoms with Crippen LogP contribution in [0.2, 0.25) is 0 Å². The molecule has 0 radical (unpaired) electrons. The number of carbonyl (C=O) groups excluding carboxylic acids is 1. The van der Waals surface area contributed by atoms with Crippen LogP contribution >= 0.6 is 11.3 Å². The molecule has 4 nitrogen and oxygen atoms in total. The molecular formula is C16H19N3OS. The van der Waals surface area contributed by atoms with E-state index in [1.165, 1.54) is 0 Å². The summed E-state index contributed by atoms with van der Waals surface area (Å²) in [6.45, 7) is 4.40. The van der Waals surface area contributed by atoms with Gasteiger partial charge in [-0.25, -0.2) is 4.98 Å². The first kappa shape index (κ1) is 14.2. The molecule has 2 heterocycles. The fraction of sp³-hybridized carbons (Fsp3) is 0.375. The summed E-state index contributed by atoms with van der Waals surface area (Å²) in [6, 6.07) is 10.1. The van der Waals surface area contributed by atoms with Gasteiger partial charge in [-0.1, -0.05) is 37.3 Å². The van der Waals surface area contributed by atoms with Crippen molar-refractivity contribution in [1.82, 2.24) is 15.6 Å². The molecule has 2 N–H and O–H groups in total. The van der Waals surface area contributed by atoms with Gasteiger partial charge in [-0.2, -0.15) is 0 Å². The van der Waals surface area contributed by atoms with E-state index in [4.69, 9.17) is 0 Å². The molecule has 1 aliphatic rings. The monoisotopic (exact) mass is 301 g/mol. The second-order valence-corrected chi connectivity index (χ2v) is 6.29. The molecule has 1 saturated heterocycles. The van der Waals surface area contributed by atoms with Gasteiger partial charge in [0.1, 0.15) is 5.01 Å². The van der Waals surface area contributed by atoms with Crippen molar-refractivity contribution < 1.29 is 4.79 Å². The molecule has 1 aliphatic heterocycles. The molecule has 1 aromatic heterocycles. The Hall–Kier alpha value is -1.72. The molecule has 0 saturated carbocycles. The molecule has 1 fully saturated rings. The van der Waals surface area contributed by atoms with E-state index in [-0.39, 0.29) is 11.8 Å². The summed E-state index contributed by atoms with van der Waals surface area (Å²) in [5.74, 6) is 0.662. The smallest absolute Gasteiger partial charge is 0.223 e. The first-order chi connectivity index (χ1) is 10.2. The summed E-state index contributed by atoms with van der Waals surface area (Å²) in [5, 5.41) is 9.20. The standard InChI is InChI=1S/C16H19N3OS/c1-11(13-7-17-8-13)15(20)18-9-14-10-21-16(19-14)12-5-3-2-4-6-12/h2-6,10-11,13,17H,7-9H2,1H3,(H,18,20). The highest BCUT2D eigenvalue weighted by Crippen LogP contribution is 2.23.